The van der Waals surface area contributed by atoms with Crippen LogP contribution in [0, 0.1) is 5.92 Å². The van der Waals surface area contributed by atoms with Crippen molar-refractivity contribution in [1.29, 1.82) is 0 Å². The number of H-pyrrole nitrogens is 1. The van der Waals surface area contributed by atoms with E-state index in [0.717, 1.165) is 68.5 Å². The number of piperidine rings is 1. The summed E-state index contributed by atoms with van der Waals surface area (Å²) in [5, 5.41) is 1.10. The molecule has 0 aliphatic carbocycles. The first-order chi connectivity index (χ1) is 13.8. The van der Waals surface area contributed by atoms with Gasteiger partial charge in [-0.1, -0.05) is 24.3 Å². The number of aromatic nitrogens is 1. The molecule has 1 N–H and O–H groups in total. The zero-order chi connectivity index (χ0) is 18.9. The van der Waals surface area contributed by atoms with E-state index < -0.39 is 0 Å². The van der Waals surface area contributed by atoms with Crippen molar-refractivity contribution in [2.24, 2.45) is 5.92 Å². The van der Waals surface area contributed by atoms with Crippen LogP contribution in [0.1, 0.15) is 34.3 Å². The number of nitrogens with zero attached hydrogens (tertiary/aromatic N) is 2. The number of hydrogen-bond donors (Lipinski definition) is 1. The molecule has 3 aromatic rings. The van der Waals surface area contributed by atoms with Gasteiger partial charge >= 0.3 is 0 Å². The largest absolute Gasteiger partial charge is 0.361 e. The number of benzene rings is 2. The molecule has 4 nitrogen and oxygen atoms in total. The molecule has 144 valence electrons. The number of amides is 1. The summed E-state index contributed by atoms with van der Waals surface area (Å²) in [4.78, 5) is 20.7. The van der Waals surface area contributed by atoms with Crippen molar-refractivity contribution in [1.82, 2.24) is 14.8 Å². The Balaban J connectivity index is 1.17. The van der Waals surface area contributed by atoms with Gasteiger partial charge in [0.1, 0.15) is 0 Å². The first-order valence-corrected chi connectivity index (χ1v) is 10.4. The van der Waals surface area contributed by atoms with Gasteiger partial charge in [0.25, 0.3) is 5.91 Å². The zero-order valence-electron chi connectivity index (χ0n) is 16.2. The molecule has 0 radical (unpaired) electrons. The number of rotatable bonds is 3. The van der Waals surface area contributed by atoms with Crippen molar-refractivity contribution in [3.63, 3.8) is 0 Å². The van der Waals surface area contributed by atoms with Crippen molar-refractivity contribution in [3.8, 4) is 0 Å². The molecular weight excluding hydrogens is 346 g/mol. The van der Waals surface area contributed by atoms with E-state index in [-0.39, 0.29) is 5.91 Å². The lowest BCUT2D eigenvalue weighted by atomic mass is 9.93. The molecule has 0 atom stereocenters. The lowest BCUT2D eigenvalue weighted by molar-refractivity contribution is 0.0663. The van der Waals surface area contributed by atoms with Crippen molar-refractivity contribution >= 4 is 16.8 Å². The Hall–Kier alpha value is -2.59. The number of likely N-dealkylation sites (tertiary alicyclic amines) is 1. The number of hydrogen-bond acceptors (Lipinski definition) is 2. The Bertz CT molecular complexity index is 984. The first kappa shape index (κ1) is 17.5. The standard InChI is InChI=1S/C24H27N3O/c28-24(21-5-6-23-20(15-21)7-11-25-23)27-13-8-18(9-14-27)16-26-12-10-19-3-1-2-4-22(19)17-26/h1-7,11,15,18,25H,8-10,12-14,16-17H2. The van der Waals surface area contributed by atoms with Gasteiger partial charge in [-0.15, -0.1) is 0 Å². The molecule has 28 heavy (non-hydrogen) atoms. The van der Waals surface area contributed by atoms with Crippen LogP contribution in [0.2, 0.25) is 0 Å². The molecule has 1 fully saturated rings. The smallest absolute Gasteiger partial charge is 0.253 e. The fraction of sp³-hybridized carbons (Fsp3) is 0.375. The normalized spacial score (nSPS) is 18.4. The van der Waals surface area contributed by atoms with E-state index in [9.17, 15) is 4.79 Å². The van der Waals surface area contributed by atoms with Crippen LogP contribution in [0.4, 0.5) is 0 Å². The van der Waals surface area contributed by atoms with Gasteiger partial charge in [0.05, 0.1) is 0 Å². The Morgan fingerprint density at radius 3 is 2.68 bits per heavy atom. The highest BCUT2D eigenvalue weighted by Crippen LogP contribution is 2.25. The van der Waals surface area contributed by atoms with Crippen LogP contribution in [0.5, 0.6) is 0 Å². The van der Waals surface area contributed by atoms with E-state index in [1.165, 1.54) is 11.1 Å². The molecular formula is C24H27N3O. The fourth-order valence-corrected chi connectivity index (χ4v) is 4.76. The van der Waals surface area contributed by atoms with E-state index in [1.54, 1.807) is 0 Å². The highest BCUT2D eigenvalue weighted by Gasteiger charge is 2.26. The minimum absolute atomic E-state index is 0.174. The second kappa shape index (κ2) is 7.44. The Labute approximate surface area is 166 Å². The number of carbonyl (C=O) groups is 1. The summed E-state index contributed by atoms with van der Waals surface area (Å²) in [5.74, 6) is 0.870. The van der Waals surface area contributed by atoms with Crippen LogP contribution in [-0.2, 0) is 13.0 Å². The molecule has 4 heteroatoms. The minimum Gasteiger partial charge on any atom is -0.361 e. The average molecular weight is 374 g/mol. The van der Waals surface area contributed by atoms with Gasteiger partial charge in [-0.3, -0.25) is 9.69 Å². The Kier molecular flexibility index (Phi) is 4.65. The molecule has 2 aliphatic rings. The minimum atomic E-state index is 0.174. The highest BCUT2D eigenvalue weighted by molar-refractivity contribution is 5.98. The van der Waals surface area contributed by atoms with Gasteiger partial charge in [-0.05, 0) is 60.6 Å². The van der Waals surface area contributed by atoms with Crippen LogP contribution < -0.4 is 0 Å². The predicted octanol–water partition coefficient (Wildman–Crippen LogP) is 4.08. The quantitative estimate of drug-likeness (QED) is 0.751. The Morgan fingerprint density at radius 1 is 1.00 bits per heavy atom. The zero-order valence-corrected chi connectivity index (χ0v) is 16.2. The van der Waals surface area contributed by atoms with Crippen molar-refractivity contribution in [2.45, 2.75) is 25.8 Å². The van der Waals surface area contributed by atoms with Crippen molar-refractivity contribution in [2.75, 3.05) is 26.2 Å². The lowest BCUT2D eigenvalue weighted by Gasteiger charge is -2.36. The summed E-state index contributed by atoms with van der Waals surface area (Å²) in [6, 6.07) is 16.8. The molecule has 1 saturated heterocycles. The van der Waals surface area contributed by atoms with E-state index in [0.29, 0.717) is 5.92 Å². The molecule has 5 rings (SSSR count). The number of fused-ring (bicyclic) bond motifs is 2. The van der Waals surface area contributed by atoms with Gasteiger partial charge in [-0.25, -0.2) is 0 Å². The lowest BCUT2D eigenvalue weighted by Crippen LogP contribution is -2.42. The average Bonchev–Trinajstić information content (AvgIpc) is 3.21. The number of nitrogens with one attached hydrogen (secondary N) is 1. The maximum atomic E-state index is 12.9. The maximum absolute atomic E-state index is 12.9. The second-order valence-corrected chi connectivity index (χ2v) is 8.27. The van der Waals surface area contributed by atoms with Gasteiger partial charge in [-0.2, -0.15) is 0 Å². The van der Waals surface area contributed by atoms with Crippen molar-refractivity contribution < 1.29 is 4.79 Å². The molecule has 2 aromatic carbocycles. The Morgan fingerprint density at radius 2 is 1.82 bits per heavy atom. The van der Waals surface area contributed by atoms with Crippen LogP contribution in [0.15, 0.2) is 54.7 Å². The third-order valence-electron chi connectivity index (χ3n) is 6.43. The van der Waals surface area contributed by atoms with Crippen molar-refractivity contribution in [3.05, 3.63) is 71.4 Å². The van der Waals surface area contributed by atoms with E-state index in [4.69, 9.17) is 0 Å². The van der Waals surface area contributed by atoms with E-state index >= 15 is 0 Å². The van der Waals surface area contributed by atoms with Crippen LogP contribution >= 0.6 is 0 Å². The fourth-order valence-electron chi connectivity index (χ4n) is 4.76. The molecule has 3 heterocycles. The summed E-state index contributed by atoms with van der Waals surface area (Å²) < 4.78 is 0. The van der Waals surface area contributed by atoms with Crippen LogP contribution in [0.25, 0.3) is 10.9 Å². The van der Waals surface area contributed by atoms with Gasteiger partial charge in [0.15, 0.2) is 0 Å². The van der Waals surface area contributed by atoms with Gasteiger partial charge in [0.2, 0.25) is 0 Å². The van der Waals surface area contributed by atoms with Crippen LogP contribution in [0.3, 0.4) is 0 Å². The monoisotopic (exact) mass is 373 g/mol. The molecule has 1 amide bonds. The molecule has 2 aliphatic heterocycles. The molecule has 0 spiro atoms. The van der Waals surface area contributed by atoms with E-state index in [1.807, 2.05) is 35.4 Å². The molecule has 0 bridgehead atoms. The SMILES string of the molecule is O=C(c1ccc2[nH]ccc2c1)N1CCC(CN2CCc3ccccc3C2)CC1. The van der Waals surface area contributed by atoms with Crippen LogP contribution in [-0.4, -0.2) is 46.9 Å². The summed E-state index contributed by atoms with van der Waals surface area (Å²) in [6.07, 6.45) is 5.30. The summed E-state index contributed by atoms with van der Waals surface area (Å²) in [5.41, 5.74) is 4.89. The van der Waals surface area contributed by atoms with Gasteiger partial charge < -0.3 is 9.88 Å². The predicted molar refractivity (Wildman–Crippen MR) is 112 cm³/mol. The first-order valence-electron chi connectivity index (χ1n) is 10.4. The molecule has 0 saturated carbocycles. The second-order valence-electron chi connectivity index (χ2n) is 8.27. The highest BCUT2D eigenvalue weighted by atomic mass is 16.2. The molecule has 0 unspecified atom stereocenters. The third kappa shape index (κ3) is 3.45. The third-order valence-corrected chi connectivity index (χ3v) is 6.43. The van der Waals surface area contributed by atoms with E-state index in [2.05, 4.69) is 34.1 Å². The summed E-state index contributed by atoms with van der Waals surface area (Å²) >= 11 is 0. The summed E-state index contributed by atoms with van der Waals surface area (Å²) in [6.45, 7) is 5.14. The number of carbonyl (C=O) groups excluding carboxylic acids is 1. The van der Waals surface area contributed by atoms with Gasteiger partial charge in [0, 0.05) is 55.4 Å². The topological polar surface area (TPSA) is 39.3 Å². The number of aromatic amines is 1. The molecule has 1 aromatic heterocycles. The summed E-state index contributed by atoms with van der Waals surface area (Å²) in [7, 11) is 0. The maximum Gasteiger partial charge on any atom is 0.253 e.